The maximum absolute atomic E-state index is 9.60. The van der Waals surface area contributed by atoms with E-state index in [1.807, 2.05) is 30.6 Å². The lowest BCUT2D eigenvalue weighted by Gasteiger charge is -2.21. The lowest BCUT2D eigenvalue weighted by molar-refractivity contribution is 0.280. The minimum atomic E-state index is -0.0508. The van der Waals surface area contributed by atoms with E-state index in [2.05, 4.69) is 33.9 Å². The molecule has 0 spiro atoms. The summed E-state index contributed by atoms with van der Waals surface area (Å²) in [5.41, 5.74) is 2.57. The third-order valence-electron chi connectivity index (χ3n) is 8.00. The summed E-state index contributed by atoms with van der Waals surface area (Å²) in [5.74, 6) is 1.93. The minimum absolute atomic E-state index is 0.0508. The van der Waals surface area contributed by atoms with Crippen LogP contribution in [0.1, 0.15) is 102 Å². The third kappa shape index (κ3) is 12.4. The molecule has 0 aliphatic carbocycles. The quantitative estimate of drug-likeness (QED) is 0.0681. The van der Waals surface area contributed by atoms with Gasteiger partial charge in [-0.05, 0) is 49.8 Å². The van der Waals surface area contributed by atoms with E-state index in [0.29, 0.717) is 31.4 Å². The van der Waals surface area contributed by atoms with Crippen molar-refractivity contribution in [2.45, 2.75) is 110 Å². The second-order valence-electron chi connectivity index (χ2n) is 11.6. The Morgan fingerprint density at radius 1 is 0.818 bits per heavy atom. The van der Waals surface area contributed by atoms with Gasteiger partial charge in [-0.15, -0.1) is 0 Å². The lowest BCUT2D eigenvalue weighted by atomic mass is 10.1. The molecule has 2 heterocycles. The van der Waals surface area contributed by atoms with Gasteiger partial charge in [0.25, 0.3) is 0 Å². The summed E-state index contributed by atoms with van der Waals surface area (Å²) in [5, 5.41) is 22.6. The fourth-order valence-electron chi connectivity index (χ4n) is 5.37. The molecule has 0 unspecified atom stereocenters. The molecule has 1 aromatic carbocycles. The highest BCUT2D eigenvalue weighted by Crippen LogP contribution is 2.24. The number of aliphatic hydroxyl groups is 2. The Morgan fingerprint density at radius 3 is 2.05 bits per heavy atom. The van der Waals surface area contributed by atoms with Crippen molar-refractivity contribution in [3.05, 3.63) is 48.3 Å². The molecule has 0 amide bonds. The summed E-state index contributed by atoms with van der Waals surface area (Å²) in [6.07, 6.45) is 24.6. The SMILES string of the molecule is CCCCCCCC/C=C\CCCCCCCCn1cnc2c(NCc3ccc(OC)cc3)nc(N(CCO)CCO)nc21. The monoisotopic (exact) mass is 608 g/mol. The predicted molar refractivity (Wildman–Crippen MR) is 181 cm³/mol. The number of nitrogens with zero attached hydrogens (tertiary/aromatic N) is 5. The van der Waals surface area contributed by atoms with Gasteiger partial charge in [-0.3, -0.25) is 0 Å². The number of unbranched alkanes of at least 4 members (excludes halogenated alkanes) is 12. The van der Waals surface area contributed by atoms with Gasteiger partial charge in [0.2, 0.25) is 5.95 Å². The predicted octanol–water partition coefficient (Wildman–Crippen LogP) is 7.28. The topological polar surface area (TPSA) is 109 Å². The molecule has 3 rings (SSSR count). The number of nitrogens with one attached hydrogen (secondary N) is 1. The Bertz CT molecular complexity index is 1190. The van der Waals surface area contributed by atoms with Crippen molar-refractivity contribution in [1.29, 1.82) is 0 Å². The molecule has 244 valence electrons. The molecule has 44 heavy (non-hydrogen) atoms. The van der Waals surface area contributed by atoms with Crippen LogP contribution in [0.4, 0.5) is 11.8 Å². The Morgan fingerprint density at radius 2 is 1.43 bits per heavy atom. The summed E-state index contributed by atoms with van der Waals surface area (Å²) in [4.78, 5) is 16.1. The number of hydrogen-bond donors (Lipinski definition) is 3. The van der Waals surface area contributed by atoms with Crippen LogP contribution in [0.15, 0.2) is 42.7 Å². The molecule has 3 aromatic rings. The molecular formula is C35H56N6O3. The van der Waals surface area contributed by atoms with Crippen LogP contribution in [0.5, 0.6) is 5.75 Å². The van der Waals surface area contributed by atoms with E-state index < -0.39 is 0 Å². The number of aromatic nitrogens is 4. The molecule has 2 aromatic heterocycles. The summed E-state index contributed by atoms with van der Waals surface area (Å²) in [6.45, 7) is 4.26. The number of ether oxygens (including phenoxy) is 1. The van der Waals surface area contributed by atoms with Crippen LogP contribution in [0.2, 0.25) is 0 Å². The fraction of sp³-hybridized carbons (Fsp3) is 0.629. The Balaban J connectivity index is 1.48. The van der Waals surface area contributed by atoms with Crippen LogP contribution >= 0.6 is 0 Å². The van der Waals surface area contributed by atoms with Crippen molar-refractivity contribution in [2.24, 2.45) is 0 Å². The highest BCUT2D eigenvalue weighted by molar-refractivity contribution is 5.84. The number of imidazole rings is 1. The van der Waals surface area contributed by atoms with Gasteiger partial charge >= 0.3 is 0 Å². The van der Waals surface area contributed by atoms with Crippen LogP contribution in [-0.4, -0.2) is 63.1 Å². The molecule has 0 fully saturated rings. The van der Waals surface area contributed by atoms with Crippen LogP contribution in [0.3, 0.4) is 0 Å². The first-order valence-corrected chi connectivity index (χ1v) is 16.9. The first-order chi connectivity index (χ1) is 21.7. The number of aliphatic hydroxyl groups excluding tert-OH is 2. The van der Waals surface area contributed by atoms with E-state index in [1.54, 1.807) is 12.0 Å². The number of aryl methyl sites for hydroxylation is 1. The van der Waals surface area contributed by atoms with Gasteiger partial charge in [0.15, 0.2) is 17.0 Å². The number of hydrogen-bond acceptors (Lipinski definition) is 8. The van der Waals surface area contributed by atoms with E-state index in [9.17, 15) is 10.2 Å². The molecule has 9 nitrogen and oxygen atoms in total. The molecule has 3 N–H and O–H groups in total. The van der Waals surface area contributed by atoms with Crippen LogP contribution < -0.4 is 15.0 Å². The van der Waals surface area contributed by atoms with Gasteiger partial charge in [-0.2, -0.15) is 9.97 Å². The standard InChI is InChI=1S/C35H56N6O3/c1-3-4-5-6-7-8-9-10-11-12-13-14-15-16-17-18-23-41-29-37-32-33(36-28-30-19-21-31(44-2)22-20-30)38-35(39-34(32)41)40(24-26-42)25-27-43/h10-11,19-22,29,42-43H,3-9,12-18,23-28H2,1-2H3,(H,36,38,39)/b11-10-. The van der Waals surface area contributed by atoms with Gasteiger partial charge in [-0.25, -0.2) is 4.98 Å². The maximum Gasteiger partial charge on any atom is 0.229 e. The van der Waals surface area contributed by atoms with Crippen molar-refractivity contribution < 1.29 is 14.9 Å². The molecule has 0 radical (unpaired) electrons. The van der Waals surface area contributed by atoms with Crippen molar-refractivity contribution in [3.63, 3.8) is 0 Å². The average molecular weight is 609 g/mol. The van der Waals surface area contributed by atoms with E-state index >= 15 is 0 Å². The summed E-state index contributed by atoms with van der Waals surface area (Å²) < 4.78 is 7.37. The number of fused-ring (bicyclic) bond motifs is 1. The second kappa shape index (κ2) is 21.5. The molecule has 0 aliphatic heterocycles. The van der Waals surface area contributed by atoms with Crippen LogP contribution in [-0.2, 0) is 13.1 Å². The van der Waals surface area contributed by atoms with Gasteiger partial charge in [0.05, 0.1) is 26.7 Å². The first kappa shape index (κ1) is 35.3. The number of benzene rings is 1. The molecule has 0 atom stereocenters. The van der Waals surface area contributed by atoms with Crippen LogP contribution in [0, 0.1) is 0 Å². The zero-order valence-electron chi connectivity index (χ0n) is 27.2. The smallest absolute Gasteiger partial charge is 0.229 e. The Labute approximate surface area is 264 Å². The summed E-state index contributed by atoms with van der Waals surface area (Å²) >= 11 is 0. The zero-order chi connectivity index (χ0) is 31.2. The molecule has 0 saturated heterocycles. The minimum Gasteiger partial charge on any atom is -0.497 e. The largest absolute Gasteiger partial charge is 0.497 e. The number of anilines is 2. The van der Waals surface area contributed by atoms with E-state index in [0.717, 1.165) is 35.4 Å². The highest BCUT2D eigenvalue weighted by atomic mass is 16.5. The highest BCUT2D eigenvalue weighted by Gasteiger charge is 2.17. The Hall–Kier alpha value is -3.17. The van der Waals surface area contributed by atoms with Crippen molar-refractivity contribution in [2.75, 3.05) is 43.6 Å². The number of rotatable bonds is 25. The number of allylic oxidation sites excluding steroid dienone is 2. The first-order valence-electron chi connectivity index (χ1n) is 16.9. The zero-order valence-corrected chi connectivity index (χ0v) is 27.2. The molecule has 0 saturated carbocycles. The van der Waals surface area contributed by atoms with Crippen molar-refractivity contribution >= 4 is 22.9 Å². The molecular weight excluding hydrogens is 552 g/mol. The van der Waals surface area contributed by atoms with E-state index in [4.69, 9.17) is 14.7 Å². The Kier molecular flexibility index (Phi) is 17.3. The van der Waals surface area contributed by atoms with Crippen molar-refractivity contribution in [3.8, 4) is 5.75 Å². The van der Waals surface area contributed by atoms with Gasteiger partial charge in [-0.1, -0.05) is 89.0 Å². The molecule has 9 heteroatoms. The third-order valence-corrected chi connectivity index (χ3v) is 8.00. The van der Waals surface area contributed by atoms with Gasteiger partial charge in [0.1, 0.15) is 5.75 Å². The fourth-order valence-corrected chi connectivity index (χ4v) is 5.37. The van der Waals surface area contributed by atoms with Gasteiger partial charge < -0.3 is 29.7 Å². The molecule has 0 bridgehead atoms. The lowest BCUT2D eigenvalue weighted by Crippen LogP contribution is -2.31. The normalized spacial score (nSPS) is 11.5. The van der Waals surface area contributed by atoms with Crippen LogP contribution in [0.25, 0.3) is 11.2 Å². The maximum atomic E-state index is 9.60. The van der Waals surface area contributed by atoms with E-state index in [1.165, 1.54) is 83.5 Å². The van der Waals surface area contributed by atoms with Crippen molar-refractivity contribution in [1.82, 2.24) is 19.5 Å². The second-order valence-corrected chi connectivity index (χ2v) is 11.6. The summed E-state index contributed by atoms with van der Waals surface area (Å²) in [7, 11) is 1.66. The van der Waals surface area contributed by atoms with Gasteiger partial charge in [0, 0.05) is 26.2 Å². The molecule has 0 aliphatic rings. The average Bonchev–Trinajstić information content (AvgIpc) is 3.46. The number of methoxy groups -OCH3 is 1. The summed E-state index contributed by atoms with van der Waals surface area (Å²) in [6, 6.07) is 7.90. The van der Waals surface area contributed by atoms with E-state index in [-0.39, 0.29) is 13.2 Å².